The van der Waals surface area contributed by atoms with Crippen molar-refractivity contribution in [2.75, 3.05) is 0 Å². The van der Waals surface area contributed by atoms with Gasteiger partial charge in [-0.15, -0.1) is 0 Å². The van der Waals surface area contributed by atoms with Gasteiger partial charge in [0, 0.05) is 12.5 Å². The average molecular weight is 271 g/mol. The largest absolute Gasteiger partial charge is 0.338 e. The van der Waals surface area contributed by atoms with Crippen LogP contribution in [0.4, 0.5) is 0 Å². The minimum Gasteiger partial charge on any atom is -0.338 e. The zero-order valence-corrected chi connectivity index (χ0v) is 11.9. The van der Waals surface area contributed by atoms with Gasteiger partial charge < -0.3 is 9.84 Å². The number of hydrogen-bond acceptors (Lipinski definition) is 4. The maximum Gasteiger partial charge on any atom is 0.240 e. The number of aromatic nitrogens is 2. The van der Waals surface area contributed by atoms with Crippen LogP contribution in [0.15, 0.2) is 34.9 Å². The second-order valence-electron chi connectivity index (χ2n) is 5.76. The molecule has 0 amide bonds. The molecule has 0 aliphatic heterocycles. The van der Waals surface area contributed by atoms with E-state index in [4.69, 9.17) is 4.52 Å². The lowest BCUT2D eigenvalue weighted by molar-refractivity contribution is 0.352. The summed E-state index contributed by atoms with van der Waals surface area (Å²) in [6.45, 7) is 2.99. The van der Waals surface area contributed by atoms with Crippen molar-refractivity contribution < 1.29 is 4.52 Å². The highest BCUT2D eigenvalue weighted by molar-refractivity contribution is 5.18. The quantitative estimate of drug-likeness (QED) is 0.908. The molecule has 0 bridgehead atoms. The average Bonchev–Trinajstić information content (AvgIpc) is 3.07. The third-order valence-corrected chi connectivity index (χ3v) is 3.95. The van der Waals surface area contributed by atoms with Gasteiger partial charge in [-0.2, -0.15) is 4.98 Å². The summed E-state index contributed by atoms with van der Waals surface area (Å²) in [5.74, 6) is 2.28. The van der Waals surface area contributed by atoms with E-state index in [9.17, 15) is 0 Å². The number of nitrogens with zero attached hydrogens (tertiary/aromatic N) is 2. The number of nitrogens with one attached hydrogen (secondary N) is 1. The second-order valence-corrected chi connectivity index (χ2v) is 5.76. The Balaban J connectivity index is 1.52. The van der Waals surface area contributed by atoms with E-state index in [1.165, 1.54) is 24.8 Å². The van der Waals surface area contributed by atoms with Crippen molar-refractivity contribution in [1.29, 1.82) is 0 Å². The fourth-order valence-corrected chi connectivity index (χ4v) is 2.84. The minimum absolute atomic E-state index is 0.606. The summed E-state index contributed by atoms with van der Waals surface area (Å²) < 4.78 is 5.30. The van der Waals surface area contributed by atoms with E-state index in [0.717, 1.165) is 18.2 Å². The van der Waals surface area contributed by atoms with Gasteiger partial charge in [-0.05, 0) is 30.7 Å². The van der Waals surface area contributed by atoms with Gasteiger partial charge in [-0.3, -0.25) is 0 Å². The molecule has 2 unspecified atom stereocenters. The summed E-state index contributed by atoms with van der Waals surface area (Å²) in [6, 6.07) is 10.8. The normalized spacial score (nSPS) is 22.2. The van der Waals surface area contributed by atoms with Crippen molar-refractivity contribution >= 4 is 0 Å². The van der Waals surface area contributed by atoms with Crippen molar-refractivity contribution in [1.82, 2.24) is 15.5 Å². The third-order valence-electron chi connectivity index (χ3n) is 3.95. The topological polar surface area (TPSA) is 51.0 Å². The highest BCUT2D eigenvalue weighted by Crippen LogP contribution is 2.24. The molecule has 1 N–H and O–H groups in total. The van der Waals surface area contributed by atoms with E-state index in [1.807, 2.05) is 18.2 Å². The first kappa shape index (κ1) is 13.3. The summed E-state index contributed by atoms with van der Waals surface area (Å²) in [6.07, 6.45) is 4.56. The molecule has 0 saturated heterocycles. The maximum atomic E-state index is 5.30. The molecule has 2 atom stereocenters. The van der Waals surface area contributed by atoms with Crippen molar-refractivity contribution in [3.63, 3.8) is 0 Å². The lowest BCUT2D eigenvalue weighted by Crippen LogP contribution is -2.25. The van der Waals surface area contributed by atoms with Gasteiger partial charge in [0.25, 0.3) is 0 Å². The van der Waals surface area contributed by atoms with Crippen molar-refractivity contribution in [2.24, 2.45) is 5.92 Å². The first-order valence-corrected chi connectivity index (χ1v) is 7.38. The molecule has 1 fully saturated rings. The molecule has 106 valence electrons. The van der Waals surface area contributed by atoms with Gasteiger partial charge in [-0.25, -0.2) is 0 Å². The van der Waals surface area contributed by atoms with E-state index >= 15 is 0 Å². The Labute approximate surface area is 119 Å². The molecule has 1 aromatic carbocycles. The summed E-state index contributed by atoms with van der Waals surface area (Å²) in [5, 5.41) is 7.55. The molecule has 0 radical (unpaired) electrons. The monoisotopic (exact) mass is 271 g/mol. The molecular formula is C16H21N3O. The van der Waals surface area contributed by atoms with Crippen molar-refractivity contribution in [3.05, 3.63) is 47.6 Å². The molecule has 1 aliphatic carbocycles. The van der Waals surface area contributed by atoms with E-state index in [-0.39, 0.29) is 0 Å². The first-order chi connectivity index (χ1) is 9.79. The summed E-state index contributed by atoms with van der Waals surface area (Å²) >= 11 is 0. The van der Waals surface area contributed by atoms with Crippen molar-refractivity contribution in [2.45, 2.75) is 45.2 Å². The molecule has 1 aromatic heterocycles. The van der Waals surface area contributed by atoms with Gasteiger partial charge in [0.2, 0.25) is 5.89 Å². The standard InChI is InChI=1S/C16H21N3O/c1-12-7-8-14(9-12)17-11-16-18-15(19-20-16)10-13-5-3-2-4-6-13/h2-6,12,14,17H,7-11H2,1H3. The molecule has 0 spiro atoms. The van der Waals surface area contributed by atoms with Gasteiger partial charge >= 0.3 is 0 Å². The zero-order chi connectivity index (χ0) is 13.8. The smallest absolute Gasteiger partial charge is 0.240 e. The molecule has 1 heterocycles. The van der Waals surface area contributed by atoms with Crippen LogP contribution in [0.25, 0.3) is 0 Å². The fraction of sp³-hybridized carbons (Fsp3) is 0.500. The number of hydrogen-bond donors (Lipinski definition) is 1. The molecule has 1 aliphatic rings. The molecular weight excluding hydrogens is 250 g/mol. The Hall–Kier alpha value is -1.68. The lowest BCUT2D eigenvalue weighted by Gasteiger charge is -2.09. The Morgan fingerprint density at radius 2 is 2.10 bits per heavy atom. The van der Waals surface area contributed by atoms with E-state index in [0.29, 0.717) is 18.5 Å². The molecule has 1 saturated carbocycles. The van der Waals surface area contributed by atoms with Crippen LogP contribution in [-0.2, 0) is 13.0 Å². The van der Waals surface area contributed by atoms with Gasteiger partial charge in [-0.1, -0.05) is 42.4 Å². The van der Waals surface area contributed by atoms with Crippen LogP contribution >= 0.6 is 0 Å². The molecule has 4 heteroatoms. The Kier molecular flexibility index (Phi) is 4.11. The highest BCUT2D eigenvalue weighted by atomic mass is 16.5. The van der Waals surface area contributed by atoms with Gasteiger partial charge in [0.05, 0.1) is 6.54 Å². The van der Waals surface area contributed by atoms with E-state index in [1.54, 1.807) is 0 Å². The van der Waals surface area contributed by atoms with Gasteiger partial charge in [0.15, 0.2) is 5.82 Å². The predicted octanol–water partition coefficient (Wildman–Crippen LogP) is 2.94. The number of rotatable bonds is 5. The predicted molar refractivity (Wildman–Crippen MR) is 77.2 cm³/mol. The van der Waals surface area contributed by atoms with Crippen LogP contribution in [0.5, 0.6) is 0 Å². The second kappa shape index (κ2) is 6.18. The van der Waals surface area contributed by atoms with E-state index < -0.39 is 0 Å². The van der Waals surface area contributed by atoms with Crippen LogP contribution in [-0.4, -0.2) is 16.2 Å². The van der Waals surface area contributed by atoms with Gasteiger partial charge in [0.1, 0.15) is 0 Å². The van der Waals surface area contributed by atoms with Crippen LogP contribution in [0.3, 0.4) is 0 Å². The lowest BCUT2D eigenvalue weighted by atomic mass is 10.1. The zero-order valence-electron chi connectivity index (χ0n) is 11.9. The molecule has 3 rings (SSSR count). The molecule has 4 nitrogen and oxygen atoms in total. The first-order valence-electron chi connectivity index (χ1n) is 7.38. The summed E-state index contributed by atoms with van der Waals surface area (Å²) in [4.78, 5) is 4.45. The number of benzene rings is 1. The Morgan fingerprint density at radius 1 is 1.25 bits per heavy atom. The minimum atomic E-state index is 0.606. The van der Waals surface area contributed by atoms with E-state index in [2.05, 4.69) is 34.5 Å². The molecule has 20 heavy (non-hydrogen) atoms. The van der Waals surface area contributed by atoms with Crippen LogP contribution in [0, 0.1) is 5.92 Å². The summed E-state index contributed by atoms with van der Waals surface area (Å²) in [7, 11) is 0. The highest BCUT2D eigenvalue weighted by Gasteiger charge is 2.21. The van der Waals surface area contributed by atoms with Crippen LogP contribution < -0.4 is 5.32 Å². The Morgan fingerprint density at radius 3 is 2.85 bits per heavy atom. The fourth-order valence-electron chi connectivity index (χ4n) is 2.84. The molecule has 2 aromatic rings. The Bertz CT molecular complexity index is 538. The van der Waals surface area contributed by atoms with Crippen LogP contribution in [0.2, 0.25) is 0 Å². The maximum absolute atomic E-state index is 5.30. The third kappa shape index (κ3) is 3.45. The summed E-state index contributed by atoms with van der Waals surface area (Å²) in [5.41, 5.74) is 1.21. The van der Waals surface area contributed by atoms with Crippen molar-refractivity contribution in [3.8, 4) is 0 Å². The SMILES string of the molecule is CC1CCC(NCc2nc(Cc3ccccc3)no2)C1. The van der Waals surface area contributed by atoms with Crippen LogP contribution in [0.1, 0.15) is 43.5 Å².